The van der Waals surface area contributed by atoms with Crippen LogP contribution in [-0.2, 0) is 14.3 Å². The number of piperazine rings is 1. The lowest BCUT2D eigenvalue weighted by atomic mass is 9.97. The summed E-state index contributed by atoms with van der Waals surface area (Å²) in [6, 6.07) is 11.5. The minimum absolute atomic E-state index is 0.103. The highest BCUT2D eigenvalue weighted by molar-refractivity contribution is 7.10. The Balaban J connectivity index is 1.75. The molecule has 2 fully saturated rings. The Hall–Kier alpha value is -2.71. The third kappa shape index (κ3) is 3.85. The van der Waals surface area contributed by atoms with Crippen molar-refractivity contribution in [1.82, 2.24) is 15.1 Å². The predicted molar refractivity (Wildman–Crippen MR) is 113 cm³/mol. The first-order valence-electron chi connectivity index (χ1n) is 10.1. The largest absolute Gasteiger partial charge is 0.469 e. The van der Waals surface area contributed by atoms with Crippen LogP contribution >= 0.6 is 11.3 Å². The van der Waals surface area contributed by atoms with Crippen LogP contribution in [0.2, 0.25) is 0 Å². The molecule has 1 aromatic carbocycles. The molecule has 0 bridgehead atoms. The SMILES string of the molecule is COC(=O)C1CC(C(=O)N2CCNCC2)N(C(=O)c2ccccc2)C1c1cccs1. The van der Waals surface area contributed by atoms with E-state index >= 15 is 0 Å². The lowest BCUT2D eigenvalue weighted by molar-refractivity contribution is -0.146. The first-order chi connectivity index (χ1) is 14.6. The van der Waals surface area contributed by atoms with Crippen molar-refractivity contribution in [3.8, 4) is 0 Å². The molecule has 1 aromatic heterocycles. The van der Waals surface area contributed by atoms with E-state index in [-0.39, 0.29) is 18.2 Å². The zero-order valence-electron chi connectivity index (χ0n) is 16.8. The van der Waals surface area contributed by atoms with Crippen molar-refractivity contribution in [1.29, 1.82) is 0 Å². The molecule has 7 nitrogen and oxygen atoms in total. The van der Waals surface area contributed by atoms with Crippen molar-refractivity contribution in [2.45, 2.75) is 18.5 Å². The van der Waals surface area contributed by atoms with Crippen molar-refractivity contribution < 1.29 is 19.1 Å². The first-order valence-corrected chi connectivity index (χ1v) is 11.0. The van der Waals surface area contributed by atoms with E-state index in [1.54, 1.807) is 34.1 Å². The summed E-state index contributed by atoms with van der Waals surface area (Å²) in [5, 5.41) is 5.16. The Morgan fingerprint density at radius 3 is 2.43 bits per heavy atom. The maximum Gasteiger partial charge on any atom is 0.311 e. The number of methoxy groups -OCH3 is 1. The van der Waals surface area contributed by atoms with Gasteiger partial charge in [0.2, 0.25) is 5.91 Å². The zero-order chi connectivity index (χ0) is 21.1. The number of amides is 2. The molecule has 2 saturated heterocycles. The van der Waals surface area contributed by atoms with Gasteiger partial charge in [-0.1, -0.05) is 24.3 Å². The van der Waals surface area contributed by atoms with Gasteiger partial charge in [-0.2, -0.15) is 0 Å². The summed E-state index contributed by atoms with van der Waals surface area (Å²) < 4.78 is 5.06. The Kier molecular flexibility index (Phi) is 6.15. The van der Waals surface area contributed by atoms with E-state index in [0.717, 1.165) is 18.0 Å². The number of esters is 1. The summed E-state index contributed by atoms with van der Waals surface area (Å²) in [4.78, 5) is 44.0. The quantitative estimate of drug-likeness (QED) is 0.755. The highest BCUT2D eigenvalue weighted by atomic mass is 32.1. The number of hydrogen-bond acceptors (Lipinski definition) is 6. The molecule has 0 aliphatic carbocycles. The van der Waals surface area contributed by atoms with Gasteiger partial charge >= 0.3 is 5.97 Å². The number of benzene rings is 1. The van der Waals surface area contributed by atoms with Crippen molar-refractivity contribution in [3.63, 3.8) is 0 Å². The molecule has 2 aromatic rings. The summed E-state index contributed by atoms with van der Waals surface area (Å²) in [5.74, 6) is -1.32. The second-order valence-electron chi connectivity index (χ2n) is 7.50. The fourth-order valence-electron chi connectivity index (χ4n) is 4.36. The molecular weight excluding hydrogens is 402 g/mol. The van der Waals surface area contributed by atoms with Crippen molar-refractivity contribution in [2.24, 2.45) is 5.92 Å². The topological polar surface area (TPSA) is 79.0 Å². The maximum atomic E-state index is 13.6. The van der Waals surface area contributed by atoms with Crippen LogP contribution in [0, 0.1) is 5.92 Å². The number of ether oxygens (including phenoxy) is 1. The van der Waals surface area contributed by atoms with Crippen LogP contribution in [0.15, 0.2) is 47.8 Å². The highest BCUT2D eigenvalue weighted by Crippen LogP contribution is 2.44. The normalized spacial score (nSPS) is 24.0. The van der Waals surface area contributed by atoms with E-state index in [2.05, 4.69) is 5.32 Å². The molecule has 1 N–H and O–H groups in total. The van der Waals surface area contributed by atoms with Gasteiger partial charge in [0.05, 0.1) is 19.1 Å². The van der Waals surface area contributed by atoms with Gasteiger partial charge in [-0.15, -0.1) is 11.3 Å². The molecule has 4 rings (SSSR count). The van der Waals surface area contributed by atoms with Crippen LogP contribution in [0.4, 0.5) is 0 Å². The molecule has 3 heterocycles. The highest BCUT2D eigenvalue weighted by Gasteiger charge is 2.52. The Morgan fingerprint density at radius 2 is 1.80 bits per heavy atom. The summed E-state index contributed by atoms with van der Waals surface area (Å²) in [6.45, 7) is 2.63. The smallest absolute Gasteiger partial charge is 0.311 e. The fraction of sp³-hybridized carbons (Fsp3) is 0.409. The summed E-state index contributed by atoms with van der Waals surface area (Å²) in [6.07, 6.45) is 0.260. The van der Waals surface area contributed by atoms with E-state index < -0.39 is 24.0 Å². The Labute approximate surface area is 179 Å². The first kappa shape index (κ1) is 20.6. The predicted octanol–water partition coefficient (Wildman–Crippen LogP) is 1.92. The van der Waals surface area contributed by atoms with Gasteiger partial charge in [-0.25, -0.2) is 0 Å². The van der Waals surface area contributed by atoms with Crippen molar-refractivity contribution >= 4 is 29.1 Å². The second kappa shape index (κ2) is 8.97. The third-order valence-electron chi connectivity index (χ3n) is 5.80. The molecule has 30 heavy (non-hydrogen) atoms. The Bertz CT molecular complexity index is 896. The van der Waals surface area contributed by atoms with Crippen molar-refractivity contribution in [3.05, 3.63) is 58.3 Å². The molecule has 8 heteroatoms. The van der Waals surface area contributed by atoms with Crippen LogP contribution in [-0.4, -0.2) is 66.9 Å². The summed E-state index contributed by atoms with van der Waals surface area (Å²) >= 11 is 1.48. The molecule has 0 saturated carbocycles. The van der Waals surface area contributed by atoms with Crippen LogP contribution in [0.5, 0.6) is 0 Å². The lowest BCUT2D eigenvalue weighted by Crippen LogP contribution is -2.53. The van der Waals surface area contributed by atoms with Crippen LogP contribution in [0.3, 0.4) is 0 Å². The van der Waals surface area contributed by atoms with Gasteiger partial charge in [0.1, 0.15) is 6.04 Å². The van der Waals surface area contributed by atoms with E-state index in [0.29, 0.717) is 18.7 Å². The second-order valence-corrected chi connectivity index (χ2v) is 8.47. The minimum atomic E-state index is -0.702. The zero-order valence-corrected chi connectivity index (χ0v) is 17.6. The number of carbonyl (C=O) groups is 3. The molecule has 3 atom stereocenters. The number of nitrogens with zero attached hydrogens (tertiary/aromatic N) is 2. The van der Waals surface area contributed by atoms with Gasteiger partial charge < -0.3 is 19.9 Å². The number of carbonyl (C=O) groups excluding carboxylic acids is 3. The standard InChI is InChI=1S/C22H25N3O4S/c1-29-22(28)16-14-17(21(27)24-11-9-23-10-12-24)25(19(16)18-8-5-13-30-18)20(26)15-6-3-2-4-7-15/h2-8,13,16-17,19,23H,9-12,14H2,1H3. The van der Waals surface area contributed by atoms with E-state index in [9.17, 15) is 14.4 Å². The average Bonchev–Trinajstić information content (AvgIpc) is 3.46. The van der Waals surface area contributed by atoms with Gasteiger partial charge in [-0.3, -0.25) is 14.4 Å². The lowest BCUT2D eigenvalue weighted by Gasteiger charge is -2.35. The number of likely N-dealkylation sites (tertiary alicyclic amines) is 1. The van der Waals surface area contributed by atoms with Crippen molar-refractivity contribution in [2.75, 3.05) is 33.3 Å². The monoisotopic (exact) mass is 427 g/mol. The van der Waals surface area contributed by atoms with Gasteiger partial charge in [-0.05, 0) is 30.0 Å². The number of thiophene rings is 1. The molecule has 2 aliphatic heterocycles. The van der Waals surface area contributed by atoms with E-state index in [4.69, 9.17) is 4.74 Å². The average molecular weight is 428 g/mol. The van der Waals surface area contributed by atoms with E-state index in [1.165, 1.54) is 18.4 Å². The van der Waals surface area contributed by atoms with Crippen LogP contribution < -0.4 is 5.32 Å². The molecular formula is C22H25N3O4S. The van der Waals surface area contributed by atoms with Gasteiger partial charge in [0.15, 0.2) is 0 Å². The minimum Gasteiger partial charge on any atom is -0.469 e. The van der Waals surface area contributed by atoms with Crippen LogP contribution in [0.25, 0.3) is 0 Å². The summed E-state index contributed by atoms with van der Waals surface area (Å²) in [5.41, 5.74) is 0.502. The third-order valence-corrected chi connectivity index (χ3v) is 6.74. The number of rotatable bonds is 4. The molecule has 3 unspecified atom stereocenters. The number of nitrogens with one attached hydrogen (secondary N) is 1. The maximum absolute atomic E-state index is 13.6. The Morgan fingerprint density at radius 1 is 1.07 bits per heavy atom. The number of hydrogen-bond donors (Lipinski definition) is 1. The van der Waals surface area contributed by atoms with Gasteiger partial charge in [0, 0.05) is 36.6 Å². The molecule has 0 spiro atoms. The molecule has 2 amide bonds. The summed E-state index contributed by atoms with van der Waals surface area (Å²) in [7, 11) is 1.35. The molecule has 0 radical (unpaired) electrons. The molecule has 2 aliphatic rings. The van der Waals surface area contributed by atoms with E-state index in [1.807, 2.05) is 23.6 Å². The van der Waals surface area contributed by atoms with Crippen LogP contribution in [0.1, 0.15) is 27.7 Å². The fourth-order valence-corrected chi connectivity index (χ4v) is 5.24. The van der Waals surface area contributed by atoms with Gasteiger partial charge in [0.25, 0.3) is 5.91 Å². The molecule has 158 valence electrons.